The van der Waals surface area contributed by atoms with Crippen LogP contribution in [-0.2, 0) is 10.0 Å². The maximum Gasteiger partial charge on any atom is 0.279 e. The van der Waals surface area contributed by atoms with Crippen LogP contribution < -0.4 is 4.72 Å². The van der Waals surface area contributed by atoms with Gasteiger partial charge in [0.15, 0.2) is 5.03 Å². The standard InChI is InChI=1S/C26H30N2O2S/c1-2-3-4-7-18-24(22-14-8-5-9-15-22)21-25(23-16-10-6-11-17-23)28-31(29,30)26-19-12-13-20-27-26/h5-6,8-17,19-21,24,28H,2-4,7,18H2,1H3/b25-21-. The average Bonchev–Trinajstić information content (AvgIpc) is 2.82. The highest BCUT2D eigenvalue weighted by atomic mass is 32.2. The molecule has 1 unspecified atom stereocenters. The number of sulfonamides is 1. The van der Waals surface area contributed by atoms with E-state index in [2.05, 4.69) is 34.8 Å². The van der Waals surface area contributed by atoms with Gasteiger partial charge in [-0.2, -0.15) is 8.42 Å². The molecule has 0 spiro atoms. The Hall–Kier alpha value is -2.92. The average molecular weight is 435 g/mol. The number of aromatic nitrogens is 1. The lowest BCUT2D eigenvalue weighted by Crippen LogP contribution is -2.23. The number of allylic oxidation sites excluding steroid dienone is 1. The van der Waals surface area contributed by atoms with Gasteiger partial charge in [-0.1, -0.05) is 105 Å². The second-order valence-corrected chi connectivity index (χ2v) is 9.22. The van der Waals surface area contributed by atoms with Gasteiger partial charge in [0, 0.05) is 12.1 Å². The Balaban J connectivity index is 1.97. The van der Waals surface area contributed by atoms with Crippen molar-refractivity contribution in [1.29, 1.82) is 0 Å². The van der Waals surface area contributed by atoms with E-state index in [-0.39, 0.29) is 10.9 Å². The first-order valence-electron chi connectivity index (χ1n) is 10.9. The van der Waals surface area contributed by atoms with E-state index in [4.69, 9.17) is 0 Å². The quantitative estimate of drug-likeness (QED) is 0.368. The Labute approximate surface area is 186 Å². The molecule has 4 nitrogen and oxygen atoms in total. The summed E-state index contributed by atoms with van der Waals surface area (Å²) in [6.07, 6.45) is 9.17. The molecule has 0 fully saturated rings. The fraction of sp³-hybridized carbons (Fsp3) is 0.269. The third-order valence-corrected chi connectivity index (χ3v) is 6.49. The molecule has 1 aromatic heterocycles. The van der Waals surface area contributed by atoms with E-state index in [1.807, 2.05) is 48.5 Å². The van der Waals surface area contributed by atoms with Crippen LogP contribution in [0.1, 0.15) is 56.1 Å². The van der Waals surface area contributed by atoms with Crippen molar-refractivity contribution in [2.75, 3.05) is 0 Å². The molecule has 1 heterocycles. The Morgan fingerprint density at radius 1 is 0.903 bits per heavy atom. The molecule has 0 amide bonds. The van der Waals surface area contributed by atoms with Crippen molar-refractivity contribution in [1.82, 2.24) is 9.71 Å². The molecule has 0 saturated heterocycles. The predicted molar refractivity (Wildman–Crippen MR) is 127 cm³/mol. The van der Waals surface area contributed by atoms with Crippen LogP contribution in [0.2, 0.25) is 0 Å². The minimum absolute atomic E-state index is 0.0102. The largest absolute Gasteiger partial charge is 0.279 e. The molecule has 1 N–H and O–H groups in total. The maximum absolute atomic E-state index is 13.0. The zero-order chi connectivity index (χ0) is 21.9. The van der Waals surface area contributed by atoms with Crippen molar-refractivity contribution in [2.45, 2.75) is 50.0 Å². The fourth-order valence-corrected chi connectivity index (χ4v) is 4.59. The van der Waals surface area contributed by atoms with Crippen molar-refractivity contribution >= 4 is 15.7 Å². The summed E-state index contributed by atoms with van der Waals surface area (Å²) < 4.78 is 28.8. The molecule has 5 heteroatoms. The molecular weight excluding hydrogens is 404 g/mol. The molecule has 0 aliphatic rings. The first-order valence-corrected chi connectivity index (χ1v) is 12.3. The first kappa shape index (κ1) is 22.8. The van der Waals surface area contributed by atoms with Gasteiger partial charge in [0.1, 0.15) is 0 Å². The number of pyridine rings is 1. The summed E-state index contributed by atoms with van der Waals surface area (Å²) in [6.45, 7) is 2.20. The van der Waals surface area contributed by atoms with Crippen molar-refractivity contribution in [3.8, 4) is 0 Å². The van der Waals surface area contributed by atoms with Crippen LogP contribution in [0.5, 0.6) is 0 Å². The lowest BCUT2D eigenvalue weighted by atomic mass is 9.91. The zero-order valence-corrected chi connectivity index (χ0v) is 18.8. The van der Waals surface area contributed by atoms with Crippen LogP contribution in [0.25, 0.3) is 5.70 Å². The minimum atomic E-state index is -3.79. The number of benzene rings is 2. The van der Waals surface area contributed by atoms with Gasteiger partial charge in [-0.05, 0) is 29.7 Å². The van der Waals surface area contributed by atoms with Gasteiger partial charge >= 0.3 is 0 Å². The highest BCUT2D eigenvalue weighted by Crippen LogP contribution is 2.28. The summed E-state index contributed by atoms with van der Waals surface area (Å²) in [6, 6.07) is 24.8. The van der Waals surface area contributed by atoms with Gasteiger partial charge in [0.25, 0.3) is 10.0 Å². The Bertz CT molecular complexity index is 1050. The summed E-state index contributed by atoms with van der Waals surface area (Å²) in [5.74, 6) is 0.111. The van der Waals surface area contributed by atoms with Crippen molar-refractivity contribution in [2.24, 2.45) is 0 Å². The Morgan fingerprint density at radius 2 is 1.58 bits per heavy atom. The lowest BCUT2D eigenvalue weighted by molar-refractivity contribution is 0.587. The van der Waals surface area contributed by atoms with Crippen molar-refractivity contribution in [3.63, 3.8) is 0 Å². The topological polar surface area (TPSA) is 59.1 Å². The van der Waals surface area contributed by atoms with Gasteiger partial charge in [-0.15, -0.1) is 0 Å². The summed E-state index contributed by atoms with van der Waals surface area (Å²) in [5.41, 5.74) is 2.59. The van der Waals surface area contributed by atoms with E-state index >= 15 is 0 Å². The number of nitrogens with one attached hydrogen (secondary N) is 1. The smallest absolute Gasteiger partial charge is 0.278 e. The van der Waals surface area contributed by atoms with Crippen LogP contribution in [0, 0.1) is 0 Å². The molecule has 0 bridgehead atoms. The number of rotatable bonds is 11. The van der Waals surface area contributed by atoms with Gasteiger partial charge in [0.2, 0.25) is 0 Å². The highest BCUT2D eigenvalue weighted by Gasteiger charge is 2.19. The summed E-state index contributed by atoms with van der Waals surface area (Å²) >= 11 is 0. The van der Waals surface area contributed by atoms with Crippen LogP contribution in [-0.4, -0.2) is 13.4 Å². The van der Waals surface area contributed by atoms with Gasteiger partial charge in [0.05, 0.1) is 5.70 Å². The van der Waals surface area contributed by atoms with E-state index < -0.39 is 10.0 Å². The third-order valence-electron chi connectivity index (χ3n) is 5.21. The van der Waals surface area contributed by atoms with Gasteiger partial charge < -0.3 is 0 Å². The van der Waals surface area contributed by atoms with E-state index in [9.17, 15) is 8.42 Å². The number of hydrogen-bond donors (Lipinski definition) is 1. The van der Waals surface area contributed by atoms with Gasteiger partial charge in [-0.25, -0.2) is 4.98 Å². The normalized spacial score (nSPS) is 13.0. The molecule has 0 aliphatic carbocycles. The molecule has 0 aliphatic heterocycles. The molecule has 0 radical (unpaired) electrons. The number of unbranched alkanes of at least 4 members (excludes halogenated alkanes) is 3. The minimum Gasteiger partial charge on any atom is -0.278 e. The first-order chi connectivity index (χ1) is 15.1. The number of hydrogen-bond acceptors (Lipinski definition) is 3. The summed E-state index contributed by atoms with van der Waals surface area (Å²) in [4.78, 5) is 4.03. The van der Waals surface area contributed by atoms with Crippen LogP contribution in [0.15, 0.2) is 96.2 Å². The van der Waals surface area contributed by atoms with Crippen molar-refractivity contribution < 1.29 is 8.42 Å². The molecule has 2 aromatic carbocycles. The van der Waals surface area contributed by atoms with Crippen LogP contribution in [0.3, 0.4) is 0 Å². The maximum atomic E-state index is 13.0. The molecule has 1 atom stereocenters. The van der Waals surface area contributed by atoms with Crippen molar-refractivity contribution in [3.05, 3.63) is 102 Å². The fourth-order valence-electron chi connectivity index (χ4n) is 3.55. The van der Waals surface area contributed by atoms with Crippen LogP contribution >= 0.6 is 0 Å². The zero-order valence-electron chi connectivity index (χ0n) is 17.9. The Morgan fingerprint density at radius 3 is 2.23 bits per heavy atom. The van der Waals surface area contributed by atoms with Crippen LogP contribution in [0.4, 0.5) is 0 Å². The molecule has 162 valence electrons. The molecular formula is C26H30N2O2S. The van der Waals surface area contributed by atoms with E-state index in [1.165, 1.54) is 37.1 Å². The second kappa shape index (κ2) is 11.5. The SMILES string of the molecule is CCCCCCC(/C=C(\NS(=O)(=O)c1ccccn1)c1ccccc1)c1ccccc1. The summed E-state index contributed by atoms with van der Waals surface area (Å²) in [5, 5.41) is 0.0102. The second-order valence-electron chi connectivity index (χ2n) is 7.59. The van der Waals surface area contributed by atoms with E-state index in [0.29, 0.717) is 5.70 Å². The molecule has 3 rings (SSSR count). The highest BCUT2D eigenvalue weighted by molar-refractivity contribution is 7.89. The third kappa shape index (κ3) is 6.79. The van der Waals surface area contributed by atoms with E-state index in [0.717, 1.165) is 18.4 Å². The molecule has 3 aromatic rings. The molecule has 0 saturated carbocycles. The number of nitrogens with zero attached hydrogens (tertiary/aromatic N) is 1. The van der Waals surface area contributed by atoms with Gasteiger partial charge in [-0.3, -0.25) is 4.72 Å². The van der Waals surface area contributed by atoms with E-state index in [1.54, 1.807) is 12.1 Å². The summed E-state index contributed by atoms with van der Waals surface area (Å²) in [7, 11) is -3.79. The predicted octanol–water partition coefficient (Wildman–Crippen LogP) is 6.16. The Kier molecular flexibility index (Phi) is 8.42. The lowest BCUT2D eigenvalue weighted by Gasteiger charge is -2.18. The molecule has 31 heavy (non-hydrogen) atoms. The monoisotopic (exact) mass is 434 g/mol.